The minimum absolute atomic E-state index is 0.0387. The molecule has 0 saturated carbocycles. The summed E-state index contributed by atoms with van der Waals surface area (Å²) in [4.78, 5) is 9.77. The van der Waals surface area contributed by atoms with Crippen molar-refractivity contribution in [3.63, 3.8) is 0 Å². The van der Waals surface area contributed by atoms with Crippen LogP contribution in [0.5, 0.6) is 5.75 Å². The fraction of sp³-hybridized carbons (Fsp3) is 0.111. The molecule has 2 aromatic carbocycles. The van der Waals surface area contributed by atoms with Gasteiger partial charge in [-0.3, -0.25) is 0 Å². The van der Waals surface area contributed by atoms with Crippen LogP contribution in [0.4, 0.5) is 11.6 Å². The monoisotopic (exact) mass is 402 g/mol. The summed E-state index contributed by atoms with van der Waals surface area (Å²) in [7, 11) is -3.73. The van der Waals surface area contributed by atoms with Crippen LogP contribution in [0.15, 0.2) is 63.5 Å². The Morgan fingerprint density at radius 1 is 1.07 bits per heavy atom. The molecule has 3 aromatic rings. The summed E-state index contributed by atoms with van der Waals surface area (Å²) in [5.41, 5.74) is 2.35. The van der Waals surface area contributed by atoms with Crippen molar-refractivity contribution in [3.05, 3.63) is 59.8 Å². The Morgan fingerprint density at radius 3 is 2.41 bits per heavy atom. The van der Waals surface area contributed by atoms with E-state index in [2.05, 4.69) is 15.3 Å². The highest BCUT2D eigenvalue weighted by molar-refractivity contribution is 7.99. The second kappa shape index (κ2) is 7.55. The van der Waals surface area contributed by atoms with E-state index >= 15 is 0 Å². The van der Waals surface area contributed by atoms with Crippen LogP contribution in [0.1, 0.15) is 11.1 Å². The number of phenolic OH excluding ortho intramolecular Hbond substituents is 1. The fourth-order valence-corrected chi connectivity index (χ4v) is 3.71. The van der Waals surface area contributed by atoms with Gasteiger partial charge in [0.05, 0.1) is 4.90 Å². The molecule has 7 nitrogen and oxygen atoms in total. The Balaban J connectivity index is 1.81. The van der Waals surface area contributed by atoms with Crippen LogP contribution >= 0.6 is 11.8 Å². The van der Waals surface area contributed by atoms with Gasteiger partial charge in [0.15, 0.2) is 0 Å². The maximum Gasteiger partial charge on any atom is 0.238 e. The first kappa shape index (κ1) is 19.2. The van der Waals surface area contributed by atoms with Gasteiger partial charge >= 0.3 is 0 Å². The van der Waals surface area contributed by atoms with Crippen LogP contribution in [-0.4, -0.2) is 23.5 Å². The van der Waals surface area contributed by atoms with E-state index < -0.39 is 10.0 Å². The van der Waals surface area contributed by atoms with Crippen molar-refractivity contribution in [2.75, 3.05) is 5.32 Å². The molecule has 3 rings (SSSR count). The quantitative estimate of drug-likeness (QED) is 0.560. The zero-order valence-corrected chi connectivity index (χ0v) is 16.3. The lowest BCUT2D eigenvalue weighted by Gasteiger charge is -2.10. The van der Waals surface area contributed by atoms with Gasteiger partial charge in [0.25, 0.3) is 0 Å². The first-order valence-electron chi connectivity index (χ1n) is 7.93. The number of rotatable bonds is 5. The molecule has 0 saturated heterocycles. The van der Waals surface area contributed by atoms with E-state index in [1.807, 2.05) is 26.0 Å². The van der Waals surface area contributed by atoms with Crippen LogP contribution in [0.25, 0.3) is 0 Å². The Kier molecular flexibility index (Phi) is 5.36. The molecule has 0 unspecified atom stereocenters. The molecule has 27 heavy (non-hydrogen) atoms. The minimum Gasteiger partial charge on any atom is -0.508 e. The van der Waals surface area contributed by atoms with Gasteiger partial charge in [0.1, 0.15) is 10.8 Å². The van der Waals surface area contributed by atoms with Crippen molar-refractivity contribution >= 4 is 33.4 Å². The van der Waals surface area contributed by atoms with Crippen LogP contribution in [0.2, 0.25) is 0 Å². The van der Waals surface area contributed by atoms with Gasteiger partial charge in [-0.2, -0.15) is 0 Å². The number of hydrogen-bond acceptors (Lipinski definition) is 7. The van der Waals surface area contributed by atoms with Crippen molar-refractivity contribution < 1.29 is 13.5 Å². The third-order valence-corrected chi connectivity index (χ3v) is 5.77. The first-order chi connectivity index (χ1) is 12.7. The molecule has 0 aliphatic carbocycles. The van der Waals surface area contributed by atoms with Gasteiger partial charge in [-0.25, -0.2) is 23.5 Å². The third-order valence-electron chi connectivity index (χ3n) is 3.75. The van der Waals surface area contributed by atoms with E-state index in [9.17, 15) is 13.5 Å². The lowest BCUT2D eigenvalue weighted by Crippen LogP contribution is -2.11. The highest BCUT2D eigenvalue weighted by Gasteiger charge is 2.10. The molecule has 0 aliphatic rings. The molecule has 0 aliphatic heterocycles. The number of phenols is 1. The average Bonchev–Trinajstić information content (AvgIpc) is 2.61. The normalized spacial score (nSPS) is 11.4. The van der Waals surface area contributed by atoms with Gasteiger partial charge in [0.2, 0.25) is 16.0 Å². The minimum atomic E-state index is -3.73. The standard InChI is InChI=1S/C18H18N4O3S2/c1-11-9-14(5-8-16(11)23)26-17-12(2)10-20-18(22-17)21-13-3-6-15(7-4-13)27(19,24)25/h3-10,23H,1-2H3,(H2,19,24,25)(H,20,21,22). The van der Waals surface area contributed by atoms with E-state index in [0.29, 0.717) is 11.6 Å². The number of nitrogens with one attached hydrogen (secondary N) is 1. The number of sulfonamides is 1. The zero-order chi connectivity index (χ0) is 19.6. The third kappa shape index (κ3) is 4.76. The predicted octanol–water partition coefficient (Wildman–Crippen LogP) is 3.34. The number of aromatic nitrogens is 2. The Morgan fingerprint density at radius 2 is 1.78 bits per heavy atom. The lowest BCUT2D eigenvalue weighted by molar-refractivity contribution is 0.470. The van der Waals surface area contributed by atoms with Crippen LogP contribution in [0.3, 0.4) is 0 Å². The largest absolute Gasteiger partial charge is 0.508 e. The van der Waals surface area contributed by atoms with Gasteiger partial charge < -0.3 is 10.4 Å². The molecule has 0 radical (unpaired) electrons. The Labute approximate surface area is 161 Å². The molecule has 0 atom stereocenters. The van der Waals surface area contributed by atoms with E-state index in [0.717, 1.165) is 21.0 Å². The lowest BCUT2D eigenvalue weighted by atomic mass is 10.2. The number of nitrogens with two attached hydrogens (primary N) is 1. The highest BCUT2D eigenvalue weighted by Crippen LogP contribution is 2.32. The predicted molar refractivity (Wildman–Crippen MR) is 105 cm³/mol. The second-order valence-corrected chi connectivity index (χ2v) is 8.55. The maximum atomic E-state index is 11.3. The molecule has 4 N–H and O–H groups in total. The highest BCUT2D eigenvalue weighted by atomic mass is 32.2. The summed E-state index contributed by atoms with van der Waals surface area (Å²) in [5.74, 6) is 0.644. The average molecular weight is 403 g/mol. The molecule has 9 heteroatoms. The molecule has 0 amide bonds. The number of hydrogen-bond donors (Lipinski definition) is 3. The van der Waals surface area contributed by atoms with Gasteiger partial charge in [0, 0.05) is 22.3 Å². The number of primary sulfonamides is 1. The molecule has 140 valence electrons. The molecule has 0 fully saturated rings. The number of aromatic hydroxyl groups is 1. The summed E-state index contributed by atoms with van der Waals surface area (Å²) in [6.07, 6.45) is 1.71. The van der Waals surface area contributed by atoms with Crippen LogP contribution in [0, 0.1) is 13.8 Å². The van der Waals surface area contributed by atoms with Crippen LogP contribution in [-0.2, 0) is 10.0 Å². The Hall–Kier alpha value is -2.62. The van der Waals surface area contributed by atoms with Crippen molar-refractivity contribution in [2.45, 2.75) is 28.7 Å². The topological polar surface area (TPSA) is 118 Å². The SMILES string of the molecule is Cc1cc(Sc2nc(Nc3ccc(S(N)(=O)=O)cc3)ncc2C)ccc1O. The van der Waals surface area contributed by atoms with Gasteiger partial charge in [-0.1, -0.05) is 11.8 Å². The molecule has 0 bridgehead atoms. The first-order valence-corrected chi connectivity index (χ1v) is 10.3. The number of benzene rings is 2. The van der Waals surface area contributed by atoms with Crippen molar-refractivity contribution in [2.24, 2.45) is 5.14 Å². The van der Waals surface area contributed by atoms with E-state index in [4.69, 9.17) is 5.14 Å². The summed E-state index contributed by atoms with van der Waals surface area (Å²) in [5, 5.41) is 18.6. The molecular weight excluding hydrogens is 384 g/mol. The number of anilines is 2. The molecule has 1 aromatic heterocycles. The van der Waals surface area contributed by atoms with E-state index in [1.54, 1.807) is 24.4 Å². The smallest absolute Gasteiger partial charge is 0.238 e. The second-order valence-electron chi connectivity index (χ2n) is 5.93. The molecule has 1 heterocycles. The molecular formula is C18H18N4O3S2. The summed E-state index contributed by atoms with van der Waals surface area (Å²) in [6.45, 7) is 3.75. The van der Waals surface area contributed by atoms with E-state index in [1.165, 1.54) is 23.9 Å². The van der Waals surface area contributed by atoms with E-state index in [-0.39, 0.29) is 10.6 Å². The van der Waals surface area contributed by atoms with Crippen molar-refractivity contribution in [1.82, 2.24) is 9.97 Å². The summed E-state index contributed by atoms with van der Waals surface area (Å²) >= 11 is 1.47. The number of aryl methyl sites for hydroxylation is 2. The van der Waals surface area contributed by atoms with Gasteiger partial charge in [-0.15, -0.1) is 0 Å². The maximum absolute atomic E-state index is 11.3. The Bertz CT molecular complexity index is 1080. The van der Waals surface area contributed by atoms with Crippen molar-refractivity contribution in [1.29, 1.82) is 0 Å². The molecule has 0 spiro atoms. The number of nitrogens with zero attached hydrogens (tertiary/aromatic N) is 2. The summed E-state index contributed by atoms with van der Waals surface area (Å²) < 4.78 is 22.6. The van der Waals surface area contributed by atoms with Crippen LogP contribution < -0.4 is 10.5 Å². The van der Waals surface area contributed by atoms with Crippen molar-refractivity contribution in [3.8, 4) is 5.75 Å². The fourth-order valence-electron chi connectivity index (χ4n) is 2.25. The summed E-state index contributed by atoms with van der Waals surface area (Å²) in [6, 6.07) is 11.4. The zero-order valence-electron chi connectivity index (χ0n) is 14.7. The van der Waals surface area contributed by atoms with Gasteiger partial charge in [-0.05, 0) is 61.9 Å².